The molecule has 0 saturated carbocycles. The van der Waals surface area contributed by atoms with Crippen LogP contribution in [0.1, 0.15) is 27.3 Å². The lowest BCUT2D eigenvalue weighted by molar-refractivity contribution is 0.102. The van der Waals surface area contributed by atoms with Crippen LogP contribution in [0.15, 0.2) is 24.5 Å². The Labute approximate surface area is 87.4 Å². The first-order valence-corrected chi connectivity index (χ1v) is 4.66. The van der Waals surface area contributed by atoms with Gasteiger partial charge in [-0.3, -0.25) is 9.89 Å². The Balaban J connectivity index is 2.39. The number of aromatic nitrogens is 3. The third-order valence-electron chi connectivity index (χ3n) is 2.40. The lowest BCUT2D eigenvalue weighted by Crippen LogP contribution is -2.04. The van der Waals surface area contributed by atoms with Crippen molar-refractivity contribution < 1.29 is 4.79 Å². The zero-order valence-electron chi connectivity index (χ0n) is 8.61. The summed E-state index contributed by atoms with van der Waals surface area (Å²) in [5.41, 5.74) is 2.90. The smallest absolute Gasteiger partial charge is 0.229 e. The van der Waals surface area contributed by atoms with E-state index >= 15 is 0 Å². The molecule has 0 spiro atoms. The van der Waals surface area contributed by atoms with Crippen molar-refractivity contribution in [2.45, 2.75) is 13.8 Å². The van der Waals surface area contributed by atoms with Crippen molar-refractivity contribution in [2.75, 3.05) is 0 Å². The molecule has 1 aromatic heterocycles. The maximum absolute atomic E-state index is 11.8. The van der Waals surface area contributed by atoms with Crippen molar-refractivity contribution in [1.29, 1.82) is 0 Å². The zero-order valence-corrected chi connectivity index (χ0v) is 8.61. The van der Waals surface area contributed by atoms with Crippen LogP contribution in [0.5, 0.6) is 0 Å². The number of ketones is 1. The number of nitrogens with one attached hydrogen (secondary N) is 1. The molecular weight excluding hydrogens is 190 g/mol. The third kappa shape index (κ3) is 1.79. The normalized spacial score (nSPS) is 10.3. The third-order valence-corrected chi connectivity index (χ3v) is 2.40. The van der Waals surface area contributed by atoms with Gasteiger partial charge < -0.3 is 0 Å². The highest BCUT2D eigenvalue weighted by Gasteiger charge is 2.11. The van der Waals surface area contributed by atoms with E-state index in [9.17, 15) is 4.79 Å². The van der Waals surface area contributed by atoms with E-state index in [1.54, 1.807) is 6.07 Å². The van der Waals surface area contributed by atoms with Gasteiger partial charge in [0.1, 0.15) is 6.33 Å². The first-order chi connectivity index (χ1) is 7.18. The van der Waals surface area contributed by atoms with Crippen molar-refractivity contribution in [3.05, 3.63) is 47.0 Å². The Hall–Kier alpha value is -1.97. The minimum Gasteiger partial charge on any atom is -0.285 e. The monoisotopic (exact) mass is 201 g/mol. The van der Waals surface area contributed by atoms with Crippen LogP contribution < -0.4 is 0 Å². The van der Waals surface area contributed by atoms with E-state index < -0.39 is 0 Å². The molecule has 1 aromatic carbocycles. The Morgan fingerprint density at radius 2 is 2.07 bits per heavy atom. The quantitative estimate of drug-likeness (QED) is 0.751. The van der Waals surface area contributed by atoms with Crippen LogP contribution in [0.3, 0.4) is 0 Å². The van der Waals surface area contributed by atoms with Crippen LogP contribution in [0, 0.1) is 13.8 Å². The van der Waals surface area contributed by atoms with Gasteiger partial charge in [-0.2, -0.15) is 5.10 Å². The van der Waals surface area contributed by atoms with Gasteiger partial charge in [0.15, 0.2) is 5.82 Å². The van der Waals surface area contributed by atoms with E-state index in [0.717, 1.165) is 5.56 Å². The van der Waals surface area contributed by atoms with E-state index in [2.05, 4.69) is 15.2 Å². The van der Waals surface area contributed by atoms with Gasteiger partial charge in [0.05, 0.1) is 0 Å². The molecule has 2 aromatic rings. The largest absolute Gasteiger partial charge is 0.285 e. The summed E-state index contributed by atoms with van der Waals surface area (Å²) < 4.78 is 0. The number of carbonyl (C=O) groups is 1. The number of aromatic amines is 1. The number of aryl methyl sites for hydroxylation is 2. The van der Waals surface area contributed by atoms with Crippen LogP contribution in [-0.4, -0.2) is 21.0 Å². The fourth-order valence-corrected chi connectivity index (χ4v) is 1.33. The lowest BCUT2D eigenvalue weighted by Gasteiger charge is -2.02. The molecule has 0 aliphatic rings. The maximum atomic E-state index is 11.8. The van der Waals surface area contributed by atoms with Gasteiger partial charge in [-0.05, 0) is 31.0 Å². The van der Waals surface area contributed by atoms with E-state index in [1.807, 2.05) is 26.0 Å². The molecule has 15 heavy (non-hydrogen) atoms. The van der Waals surface area contributed by atoms with Gasteiger partial charge >= 0.3 is 0 Å². The predicted octanol–water partition coefficient (Wildman–Crippen LogP) is 1.65. The van der Waals surface area contributed by atoms with Crippen molar-refractivity contribution in [3.63, 3.8) is 0 Å². The Bertz CT molecular complexity index is 489. The summed E-state index contributed by atoms with van der Waals surface area (Å²) in [6.45, 7) is 3.99. The molecule has 1 N–H and O–H groups in total. The molecule has 0 atom stereocenters. The van der Waals surface area contributed by atoms with Crippen LogP contribution in [0.2, 0.25) is 0 Å². The van der Waals surface area contributed by atoms with Gasteiger partial charge in [0, 0.05) is 5.56 Å². The number of benzene rings is 1. The fraction of sp³-hybridized carbons (Fsp3) is 0.182. The molecule has 0 aliphatic heterocycles. The van der Waals surface area contributed by atoms with Gasteiger partial charge in [-0.1, -0.05) is 12.1 Å². The van der Waals surface area contributed by atoms with Gasteiger partial charge in [0.2, 0.25) is 5.78 Å². The number of H-pyrrole nitrogens is 1. The number of hydrogen-bond donors (Lipinski definition) is 1. The summed E-state index contributed by atoms with van der Waals surface area (Å²) in [5.74, 6) is 0.147. The molecule has 0 fully saturated rings. The number of nitrogens with zero attached hydrogens (tertiary/aromatic N) is 2. The first-order valence-electron chi connectivity index (χ1n) is 4.66. The number of rotatable bonds is 2. The molecule has 0 amide bonds. The van der Waals surface area contributed by atoms with Crippen LogP contribution in [-0.2, 0) is 0 Å². The average Bonchev–Trinajstić information content (AvgIpc) is 2.74. The summed E-state index contributed by atoms with van der Waals surface area (Å²) in [6, 6.07) is 5.59. The van der Waals surface area contributed by atoms with Gasteiger partial charge in [-0.15, -0.1) is 0 Å². The van der Waals surface area contributed by atoms with Gasteiger partial charge in [-0.25, -0.2) is 4.98 Å². The Kier molecular flexibility index (Phi) is 2.33. The molecule has 1 heterocycles. The zero-order chi connectivity index (χ0) is 10.8. The van der Waals surface area contributed by atoms with E-state index in [0.29, 0.717) is 5.56 Å². The molecule has 0 bridgehead atoms. The molecule has 0 aliphatic carbocycles. The molecule has 2 rings (SSSR count). The second-order valence-corrected chi connectivity index (χ2v) is 3.46. The van der Waals surface area contributed by atoms with Crippen LogP contribution >= 0.6 is 0 Å². The first kappa shape index (κ1) is 9.58. The highest BCUT2D eigenvalue weighted by atomic mass is 16.1. The van der Waals surface area contributed by atoms with E-state index in [-0.39, 0.29) is 11.6 Å². The summed E-state index contributed by atoms with van der Waals surface area (Å²) in [4.78, 5) is 15.7. The predicted molar refractivity (Wildman–Crippen MR) is 55.7 cm³/mol. The van der Waals surface area contributed by atoms with Crippen molar-refractivity contribution >= 4 is 5.78 Å². The average molecular weight is 201 g/mol. The summed E-state index contributed by atoms with van der Waals surface area (Å²) >= 11 is 0. The molecule has 76 valence electrons. The van der Waals surface area contributed by atoms with E-state index in [4.69, 9.17) is 0 Å². The summed E-state index contributed by atoms with van der Waals surface area (Å²) in [7, 11) is 0. The fourth-order valence-electron chi connectivity index (χ4n) is 1.33. The summed E-state index contributed by atoms with van der Waals surface area (Å²) in [5, 5.41) is 6.21. The van der Waals surface area contributed by atoms with Crippen molar-refractivity contribution in [3.8, 4) is 0 Å². The second-order valence-electron chi connectivity index (χ2n) is 3.46. The topological polar surface area (TPSA) is 58.6 Å². The molecule has 4 nitrogen and oxygen atoms in total. The SMILES string of the molecule is Cc1ccc(C(=O)c2ncn[nH]2)cc1C. The molecular formula is C11H11N3O. The minimum absolute atomic E-state index is 0.129. The molecule has 0 radical (unpaired) electrons. The van der Waals surface area contributed by atoms with Crippen LogP contribution in [0.25, 0.3) is 0 Å². The molecule has 0 saturated heterocycles. The highest BCUT2D eigenvalue weighted by Crippen LogP contribution is 2.12. The molecule has 0 unspecified atom stereocenters. The maximum Gasteiger partial charge on any atom is 0.229 e. The highest BCUT2D eigenvalue weighted by molar-refractivity contribution is 6.06. The molecule has 4 heteroatoms. The standard InChI is InChI=1S/C11H11N3O/c1-7-3-4-9(5-8(7)2)10(15)11-12-6-13-14-11/h3-6H,1-2H3,(H,12,13,14). The Morgan fingerprint density at radius 1 is 1.27 bits per heavy atom. The number of hydrogen-bond acceptors (Lipinski definition) is 3. The second kappa shape index (κ2) is 3.65. The number of carbonyl (C=O) groups excluding carboxylic acids is 1. The Morgan fingerprint density at radius 3 is 2.67 bits per heavy atom. The van der Waals surface area contributed by atoms with Crippen LogP contribution in [0.4, 0.5) is 0 Å². The van der Waals surface area contributed by atoms with Crippen molar-refractivity contribution in [1.82, 2.24) is 15.2 Å². The summed E-state index contributed by atoms with van der Waals surface area (Å²) in [6.07, 6.45) is 1.33. The lowest BCUT2D eigenvalue weighted by atomic mass is 10.0. The minimum atomic E-state index is -0.129. The van der Waals surface area contributed by atoms with Gasteiger partial charge in [0.25, 0.3) is 0 Å². The van der Waals surface area contributed by atoms with E-state index in [1.165, 1.54) is 11.9 Å². The van der Waals surface area contributed by atoms with Crippen molar-refractivity contribution in [2.24, 2.45) is 0 Å².